The molecule has 0 bridgehead atoms. The van der Waals surface area contributed by atoms with Gasteiger partial charge in [-0.15, -0.1) is 0 Å². The maximum Gasteiger partial charge on any atom is 0.261 e. The van der Waals surface area contributed by atoms with Crippen LogP contribution in [0.2, 0.25) is 0 Å². The molecule has 0 N–H and O–H groups in total. The van der Waals surface area contributed by atoms with Crippen molar-refractivity contribution in [3.8, 4) is 0 Å². The van der Waals surface area contributed by atoms with Crippen LogP contribution in [0, 0.1) is 13.8 Å². The molecule has 0 atom stereocenters. The molecule has 0 amide bonds. The van der Waals surface area contributed by atoms with Crippen LogP contribution in [0.15, 0.2) is 47.4 Å². The summed E-state index contributed by atoms with van der Waals surface area (Å²) in [5.41, 5.74) is 7.22. The molecule has 1 aliphatic rings. The first kappa shape index (κ1) is 14.9. The molecule has 120 valence electrons. The average molecular weight is 316 g/mol. The van der Waals surface area contributed by atoms with E-state index in [2.05, 4.69) is 31.2 Å². The van der Waals surface area contributed by atoms with Gasteiger partial charge in [0.15, 0.2) is 0 Å². The normalized spacial score (nSPS) is 15.7. The van der Waals surface area contributed by atoms with E-state index < -0.39 is 0 Å². The second kappa shape index (κ2) is 5.75. The summed E-state index contributed by atoms with van der Waals surface area (Å²) in [5, 5.41) is 0. The molecule has 1 aromatic carbocycles. The fraction of sp³-hybridized carbons (Fsp3) is 0.238. The number of allylic oxidation sites excluding steroid dienone is 1. The predicted molar refractivity (Wildman–Crippen MR) is 98.2 cm³/mol. The standard InChI is InChI=1S/C21H20N2O/c1-14-10-11-19-22-20-17(12-16-7-4-3-6-15(16)2)8-5-9-18(20)21(24)23(19)13-14/h3-4,6-7,10-13H,5,8-9H2,1-2H3. The zero-order valence-electron chi connectivity index (χ0n) is 14.0. The lowest BCUT2D eigenvalue weighted by molar-refractivity contribution is 0.786. The van der Waals surface area contributed by atoms with Gasteiger partial charge in [0.2, 0.25) is 0 Å². The third-order valence-electron chi connectivity index (χ3n) is 4.76. The molecule has 1 aliphatic carbocycles. The van der Waals surface area contributed by atoms with Crippen molar-refractivity contribution < 1.29 is 0 Å². The fourth-order valence-electron chi connectivity index (χ4n) is 3.42. The number of pyridine rings is 1. The van der Waals surface area contributed by atoms with Crippen LogP contribution in [0.1, 0.15) is 40.8 Å². The van der Waals surface area contributed by atoms with Gasteiger partial charge in [-0.25, -0.2) is 4.98 Å². The van der Waals surface area contributed by atoms with E-state index in [0.717, 1.165) is 41.7 Å². The van der Waals surface area contributed by atoms with Gasteiger partial charge in [0.25, 0.3) is 5.56 Å². The first-order valence-corrected chi connectivity index (χ1v) is 8.42. The molecule has 3 aromatic rings. The summed E-state index contributed by atoms with van der Waals surface area (Å²) in [6.45, 7) is 4.11. The highest BCUT2D eigenvalue weighted by Gasteiger charge is 2.20. The Morgan fingerprint density at radius 3 is 2.75 bits per heavy atom. The summed E-state index contributed by atoms with van der Waals surface area (Å²) < 4.78 is 1.69. The Morgan fingerprint density at radius 2 is 1.92 bits per heavy atom. The SMILES string of the molecule is Cc1ccc2nc3c(c(=O)n2c1)CCCC3=Cc1ccccc1C. The Morgan fingerprint density at radius 1 is 1.08 bits per heavy atom. The first-order valence-electron chi connectivity index (χ1n) is 8.42. The van der Waals surface area contributed by atoms with Crippen molar-refractivity contribution in [2.75, 3.05) is 0 Å². The minimum absolute atomic E-state index is 0.0779. The number of benzene rings is 1. The number of nitrogens with zero attached hydrogens (tertiary/aromatic N) is 2. The first-order chi connectivity index (χ1) is 11.6. The van der Waals surface area contributed by atoms with E-state index in [1.807, 2.05) is 31.3 Å². The zero-order valence-corrected chi connectivity index (χ0v) is 14.0. The lowest BCUT2D eigenvalue weighted by Crippen LogP contribution is -2.24. The minimum Gasteiger partial charge on any atom is -0.269 e. The number of hydrogen-bond acceptors (Lipinski definition) is 2. The Bertz CT molecular complexity index is 1030. The topological polar surface area (TPSA) is 34.4 Å². The maximum atomic E-state index is 12.9. The second-order valence-electron chi connectivity index (χ2n) is 6.56. The van der Waals surface area contributed by atoms with Gasteiger partial charge >= 0.3 is 0 Å². The highest BCUT2D eigenvalue weighted by atomic mass is 16.1. The zero-order chi connectivity index (χ0) is 16.7. The molecule has 0 aliphatic heterocycles. The summed E-state index contributed by atoms with van der Waals surface area (Å²) in [6.07, 6.45) is 6.85. The molecule has 4 rings (SSSR count). The van der Waals surface area contributed by atoms with Crippen LogP contribution in [0.25, 0.3) is 17.3 Å². The Hall–Kier alpha value is -2.68. The van der Waals surface area contributed by atoms with Crippen LogP contribution < -0.4 is 5.56 Å². The van der Waals surface area contributed by atoms with Crippen LogP contribution in [-0.2, 0) is 6.42 Å². The molecule has 0 radical (unpaired) electrons. The quantitative estimate of drug-likeness (QED) is 0.674. The Kier molecular flexibility index (Phi) is 3.57. The summed E-state index contributed by atoms with van der Waals surface area (Å²) in [6, 6.07) is 12.3. The van der Waals surface area contributed by atoms with Gasteiger partial charge in [0.05, 0.1) is 5.69 Å². The van der Waals surface area contributed by atoms with Crippen molar-refractivity contribution in [2.24, 2.45) is 0 Å². The number of hydrogen-bond donors (Lipinski definition) is 0. The Balaban J connectivity index is 1.95. The molecular weight excluding hydrogens is 296 g/mol. The van der Waals surface area contributed by atoms with Crippen LogP contribution in [0.4, 0.5) is 0 Å². The van der Waals surface area contributed by atoms with Gasteiger partial charge in [0, 0.05) is 11.8 Å². The molecular formula is C21H20N2O. The van der Waals surface area contributed by atoms with Gasteiger partial charge < -0.3 is 0 Å². The molecule has 0 fully saturated rings. The van der Waals surface area contributed by atoms with Gasteiger partial charge in [-0.2, -0.15) is 0 Å². The number of aryl methyl sites for hydroxylation is 2. The van der Waals surface area contributed by atoms with Gasteiger partial charge in [0.1, 0.15) is 5.65 Å². The highest BCUT2D eigenvalue weighted by Crippen LogP contribution is 2.30. The molecule has 0 saturated carbocycles. The number of aromatic nitrogens is 2. The fourth-order valence-corrected chi connectivity index (χ4v) is 3.42. The second-order valence-corrected chi connectivity index (χ2v) is 6.56. The molecule has 2 heterocycles. The van der Waals surface area contributed by atoms with E-state index in [0.29, 0.717) is 0 Å². The van der Waals surface area contributed by atoms with Crippen LogP contribution >= 0.6 is 0 Å². The number of fused-ring (bicyclic) bond motifs is 2. The van der Waals surface area contributed by atoms with E-state index in [9.17, 15) is 4.79 Å². The van der Waals surface area contributed by atoms with E-state index >= 15 is 0 Å². The molecule has 0 saturated heterocycles. The van der Waals surface area contributed by atoms with Crippen LogP contribution in [-0.4, -0.2) is 9.38 Å². The lowest BCUT2D eigenvalue weighted by Gasteiger charge is -2.19. The van der Waals surface area contributed by atoms with E-state index in [1.165, 1.54) is 16.7 Å². The summed E-state index contributed by atoms with van der Waals surface area (Å²) in [4.78, 5) is 17.7. The van der Waals surface area contributed by atoms with Crippen molar-refractivity contribution in [2.45, 2.75) is 33.1 Å². The van der Waals surface area contributed by atoms with Gasteiger partial charge in [-0.1, -0.05) is 30.3 Å². The Labute approximate surface area is 141 Å². The predicted octanol–water partition coefficient (Wildman–Crippen LogP) is 4.19. The highest BCUT2D eigenvalue weighted by molar-refractivity contribution is 5.83. The molecule has 2 aromatic heterocycles. The molecule has 3 nitrogen and oxygen atoms in total. The van der Waals surface area contributed by atoms with E-state index in [4.69, 9.17) is 4.98 Å². The smallest absolute Gasteiger partial charge is 0.261 e. The third-order valence-corrected chi connectivity index (χ3v) is 4.76. The average Bonchev–Trinajstić information content (AvgIpc) is 2.58. The van der Waals surface area contributed by atoms with Crippen molar-refractivity contribution in [1.29, 1.82) is 0 Å². The minimum atomic E-state index is 0.0779. The summed E-state index contributed by atoms with van der Waals surface area (Å²) >= 11 is 0. The monoisotopic (exact) mass is 316 g/mol. The largest absolute Gasteiger partial charge is 0.269 e. The molecule has 0 unspecified atom stereocenters. The van der Waals surface area contributed by atoms with Crippen LogP contribution in [0.3, 0.4) is 0 Å². The van der Waals surface area contributed by atoms with Crippen molar-refractivity contribution in [3.05, 3.63) is 80.9 Å². The van der Waals surface area contributed by atoms with E-state index in [1.54, 1.807) is 4.40 Å². The summed E-state index contributed by atoms with van der Waals surface area (Å²) in [5.74, 6) is 0. The van der Waals surface area contributed by atoms with Crippen molar-refractivity contribution >= 4 is 17.3 Å². The molecule has 3 heteroatoms. The van der Waals surface area contributed by atoms with Crippen molar-refractivity contribution in [1.82, 2.24) is 9.38 Å². The third kappa shape index (κ3) is 2.46. The van der Waals surface area contributed by atoms with Gasteiger partial charge in [-0.3, -0.25) is 9.20 Å². The van der Waals surface area contributed by atoms with E-state index in [-0.39, 0.29) is 5.56 Å². The number of rotatable bonds is 1. The molecule has 24 heavy (non-hydrogen) atoms. The van der Waals surface area contributed by atoms with Crippen LogP contribution in [0.5, 0.6) is 0 Å². The van der Waals surface area contributed by atoms with Crippen molar-refractivity contribution in [3.63, 3.8) is 0 Å². The maximum absolute atomic E-state index is 12.9. The molecule has 0 spiro atoms. The lowest BCUT2D eigenvalue weighted by atomic mass is 9.90. The van der Waals surface area contributed by atoms with Gasteiger partial charge in [-0.05, 0) is 67.5 Å². The summed E-state index contributed by atoms with van der Waals surface area (Å²) in [7, 11) is 0.